The summed E-state index contributed by atoms with van der Waals surface area (Å²) in [5.41, 5.74) is 2.42. The van der Waals surface area contributed by atoms with Crippen LogP contribution >= 0.6 is 0 Å². The van der Waals surface area contributed by atoms with Crippen molar-refractivity contribution in [3.63, 3.8) is 0 Å². The SMILES string of the molecule is CCc1cccc(CC)c1N1C(=O)C2C(c3cc(C)ccc3C)NC(CC(=O)O)(C(=O)O)C2C1=O. The van der Waals surface area contributed by atoms with E-state index in [1.54, 1.807) is 0 Å². The van der Waals surface area contributed by atoms with Crippen LogP contribution in [0.15, 0.2) is 36.4 Å². The van der Waals surface area contributed by atoms with Gasteiger partial charge in [-0.15, -0.1) is 0 Å². The summed E-state index contributed by atoms with van der Waals surface area (Å²) in [5.74, 6) is -6.38. The van der Waals surface area contributed by atoms with Crippen molar-refractivity contribution in [1.29, 1.82) is 0 Å². The molecule has 4 unspecified atom stereocenters. The van der Waals surface area contributed by atoms with E-state index in [0.717, 1.165) is 27.2 Å². The minimum absolute atomic E-state index is 0.497. The summed E-state index contributed by atoms with van der Waals surface area (Å²) in [5, 5.41) is 22.9. The van der Waals surface area contributed by atoms with Crippen LogP contribution in [0.4, 0.5) is 5.69 Å². The smallest absolute Gasteiger partial charge is 0.325 e. The topological polar surface area (TPSA) is 124 Å². The van der Waals surface area contributed by atoms with Crippen LogP contribution in [0.1, 0.15) is 54.1 Å². The number of carbonyl (C=O) groups excluding carboxylic acids is 2. The van der Waals surface area contributed by atoms with Gasteiger partial charge in [0.15, 0.2) is 0 Å². The van der Waals surface area contributed by atoms with E-state index in [2.05, 4.69) is 5.32 Å². The Balaban J connectivity index is 1.96. The molecule has 2 aliphatic heterocycles. The molecular weight excluding hydrogens is 448 g/mol. The van der Waals surface area contributed by atoms with Crippen molar-refractivity contribution in [3.8, 4) is 0 Å². The van der Waals surface area contributed by atoms with Crippen molar-refractivity contribution in [2.75, 3.05) is 4.90 Å². The van der Waals surface area contributed by atoms with Gasteiger partial charge in [0.25, 0.3) is 0 Å². The summed E-state index contributed by atoms with van der Waals surface area (Å²) < 4.78 is 0. The number of hydrogen-bond donors (Lipinski definition) is 3. The number of nitrogens with one attached hydrogen (secondary N) is 1. The highest BCUT2D eigenvalue weighted by atomic mass is 16.4. The lowest BCUT2D eigenvalue weighted by atomic mass is 9.77. The van der Waals surface area contributed by atoms with Gasteiger partial charge in [0.2, 0.25) is 11.8 Å². The summed E-state index contributed by atoms with van der Waals surface area (Å²) in [6.45, 7) is 7.59. The van der Waals surface area contributed by atoms with Gasteiger partial charge in [0.05, 0.1) is 23.9 Å². The number of anilines is 1. The molecule has 2 saturated heterocycles. The Labute approximate surface area is 203 Å². The van der Waals surface area contributed by atoms with Crippen LogP contribution in [0.25, 0.3) is 0 Å². The third kappa shape index (κ3) is 3.72. The number of fused-ring (bicyclic) bond motifs is 1. The number of nitrogens with zero attached hydrogens (tertiary/aromatic N) is 1. The molecule has 184 valence electrons. The Kier molecular flexibility index (Phi) is 6.27. The van der Waals surface area contributed by atoms with E-state index >= 15 is 0 Å². The van der Waals surface area contributed by atoms with Gasteiger partial charge in [-0.2, -0.15) is 0 Å². The fourth-order valence-corrected chi connectivity index (χ4v) is 5.76. The van der Waals surface area contributed by atoms with Crippen LogP contribution in [-0.2, 0) is 32.0 Å². The molecule has 2 heterocycles. The zero-order valence-corrected chi connectivity index (χ0v) is 20.3. The average molecular weight is 479 g/mol. The Morgan fingerprint density at radius 2 is 1.63 bits per heavy atom. The predicted octanol–water partition coefficient (Wildman–Crippen LogP) is 3.18. The predicted molar refractivity (Wildman–Crippen MR) is 129 cm³/mol. The molecule has 0 radical (unpaired) electrons. The third-order valence-corrected chi connectivity index (χ3v) is 7.42. The fraction of sp³-hybridized carbons (Fsp3) is 0.407. The summed E-state index contributed by atoms with van der Waals surface area (Å²) >= 11 is 0. The maximum Gasteiger partial charge on any atom is 0.325 e. The Morgan fingerprint density at radius 1 is 1.00 bits per heavy atom. The maximum absolute atomic E-state index is 14.0. The van der Waals surface area contributed by atoms with E-state index < -0.39 is 53.6 Å². The highest BCUT2D eigenvalue weighted by molar-refractivity contribution is 6.25. The molecule has 0 saturated carbocycles. The van der Waals surface area contributed by atoms with Gasteiger partial charge in [0, 0.05) is 6.04 Å². The van der Waals surface area contributed by atoms with E-state index in [-0.39, 0.29) is 0 Å². The second-order valence-corrected chi connectivity index (χ2v) is 9.48. The normalized spacial score (nSPS) is 25.7. The standard InChI is InChI=1S/C27H30N2O6/c1-5-16-8-7-9-17(6-2)23(16)29-24(32)20-21(25(29)33)27(26(34)35,13-19(30)31)28-22(20)18-12-14(3)10-11-15(18)4/h7-12,20-22,28H,5-6,13H2,1-4H3,(H,30,31)(H,34,35). The molecule has 8 nitrogen and oxygen atoms in total. The zero-order valence-electron chi connectivity index (χ0n) is 20.3. The number of aliphatic carboxylic acids is 2. The third-order valence-electron chi connectivity index (χ3n) is 7.42. The number of para-hydroxylation sites is 1. The van der Waals surface area contributed by atoms with Crippen LogP contribution in [-0.4, -0.2) is 39.5 Å². The Bertz CT molecular complexity index is 1220. The van der Waals surface area contributed by atoms with E-state index in [0.29, 0.717) is 24.1 Å². The number of rotatable bonds is 7. The first kappa shape index (κ1) is 24.6. The van der Waals surface area contributed by atoms with Gasteiger partial charge in [-0.3, -0.25) is 24.5 Å². The maximum atomic E-state index is 14.0. The molecule has 4 rings (SSSR count). The zero-order chi connectivity index (χ0) is 25.7. The monoisotopic (exact) mass is 478 g/mol. The number of carbonyl (C=O) groups is 4. The van der Waals surface area contributed by atoms with Crippen molar-refractivity contribution >= 4 is 29.4 Å². The molecule has 2 aromatic carbocycles. The molecule has 8 heteroatoms. The highest BCUT2D eigenvalue weighted by Gasteiger charge is 2.69. The van der Waals surface area contributed by atoms with Gasteiger partial charge in [0.1, 0.15) is 5.54 Å². The van der Waals surface area contributed by atoms with E-state index in [1.807, 2.05) is 64.1 Å². The largest absolute Gasteiger partial charge is 0.481 e. The second-order valence-electron chi connectivity index (χ2n) is 9.48. The number of hydrogen-bond acceptors (Lipinski definition) is 5. The molecule has 2 aliphatic rings. The van der Waals surface area contributed by atoms with Gasteiger partial charge in [-0.25, -0.2) is 4.90 Å². The fourth-order valence-electron chi connectivity index (χ4n) is 5.76. The molecule has 2 amide bonds. The average Bonchev–Trinajstić information content (AvgIpc) is 3.28. The number of aryl methyl sites for hydroxylation is 4. The number of amides is 2. The van der Waals surface area contributed by atoms with Crippen molar-refractivity contribution in [3.05, 3.63) is 64.2 Å². The number of imide groups is 1. The lowest BCUT2D eigenvalue weighted by molar-refractivity contribution is -0.154. The van der Waals surface area contributed by atoms with Gasteiger partial charge in [-0.05, 0) is 48.9 Å². The first-order valence-corrected chi connectivity index (χ1v) is 11.9. The molecule has 4 atom stereocenters. The second kappa shape index (κ2) is 8.92. The first-order valence-electron chi connectivity index (χ1n) is 11.9. The van der Waals surface area contributed by atoms with Crippen molar-refractivity contribution in [1.82, 2.24) is 5.32 Å². The molecule has 0 aliphatic carbocycles. The van der Waals surface area contributed by atoms with E-state index in [4.69, 9.17) is 0 Å². The van der Waals surface area contributed by atoms with Crippen LogP contribution in [0.3, 0.4) is 0 Å². The van der Waals surface area contributed by atoms with Crippen LogP contribution in [0, 0.1) is 25.7 Å². The molecule has 0 spiro atoms. The van der Waals surface area contributed by atoms with Gasteiger partial charge >= 0.3 is 11.9 Å². The molecule has 0 bridgehead atoms. The summed E-state index contributed by atoms with van der Waals surface area (Å²) in [6, 6.07) is 10.4. The first-order chi connectivity index (χ1) is 16.6. The molecule has 2 aromatic rings. The lowest BCUT2D eigenvalue weighted by Crippen LogP contribution is -2.57. The molecule has 0 aromatic heterocycles. The minimum Gasteiger partial charge on any atom is -0.481 e. The van der Waals surface area contributed by atoms with Crippen molar-refractivity contribution in [2.45, 2.75) is 58.5 Å². The number of carboxylic acid groups (broad SMARTS) is 2. The molecule has 3 N–H and O–H groups in total. The summed E-state index contributed by atoms with van der Waals surface area (Å²) in [4.78, 5) is 53.6. The number of carboxylic acids is 2. The lowest BCUT2D eigenvalue weighted by Gasteiger charge is -2.31. The van der Waals surface area contributed by atoms with Crippen molar-refractivity contribution in [2.24, 2.45) is 11.8 Å². The van der Waals surface area contributed by atoms with Crippen LogP contribution < -0.4 is 10.2 Å². The Morgan fingerprint density at radius 3 is 2.17 bits per heavy atom. The van der Waals surface area contributed by atoms with Crippen molar-refractivity contribution < 1.29 is 29.4 Å². The van der Waals surface area contributed by atoms with E-state index in [9.17, 15) is 29.4 Å². The Hall–Kier alpha value is -3.52. The molecule has 2 fully saturated rings. The summed E-state index contributed by atoms with van der Waals surface area (Å²) in [6.07, 6.45) is 0.328. The molecule has 35 heavy (non-hydrogen) atoms. The summed E-state index contributed by atoms with van der Waals surface area (Å²) in [7, 11) is 0. The quantitative estimate of drug-likeness (QED) is 0.522. The van der Waals surface area contributed by atoms with Gasteiger partial charge in [-0.1, -0.05) is 55.8 Å². The van der Waals surface area contributed by atoms with Gasteiger partial charge < -0.3 is 10.2 Å². The van der Waals surface area contributed by atoms with E-state index in [1.165, 1.54) is 0 Å². The highest BCUT2D eigenvalue weighted by Crippen LogP contribution is 2.52. The van der Waals surface area contributed by atoms with Crippen LogP contribution in [0.2, 0.25) is 0 Å². The van der Waals surface area contributed by atoms with Crippen LogP contribution in [0.5, 0.6) is 0 Å². The minimum atomic E-state index is -2.12. The number of benzene rings is 2. The molecular formula is C27H30N2O6.